The van der Waals surface area contributed by atoms with Gasteiger partial charge in [0.2, 0.25) is 0 Å². The van der Waals surface area contributed by atoms with Gasteiger partial charge in [0.15, 0.2) is 0 Å². The van der Waals surface area contributed by atoms with Crippen LogP contribution in [0, 0.1) is 0 Å². The van der Waals surface area contributed by atoms with Gasteiger partial charge in [-0.15, -0.1) is 0 Å². The van der Waals surface area contributed by atoms with E-state index in [1.165, 1.54) is 25.1 Å². The first-order valence-corrected chi connectivity index (χ1v) is 8.90. The van der Waals surface area contributed by atoms with Crippen LogP contribution in [0.2, 0.25) is 0 Å². The molecule has 4 rings (SSSR count). The SMILES string of the molecule is FC(F)(F)c1ncccc1CN1CCN(Cc2cc(C3CC3)on2)CC1. The topological polar surface area (TPSA) is 45.4 Å². The zero-order valence-corrected chi connectivity index (χ0v) is 14.4. The van der Waals surface area contributed by atoms with Crippen LogP contribution >= 0.6 is 0 Å². The lowest BCUT2D eigenvalue weighted by molar-refractivity contribution is -0.142. The number of nitrogens with zero attached hydrogens (tertiary/aromatic N) is 4. The summed E-state index contributed by atoms with van der Waals surface area (Å²) in [6, 6.07) is 5.11. The Morgan fingerprint density at radius 1 is 1.08 bits per heavy atom. The molecule has 0 amide bonds. The van der Waals surface area contributed by atoms with E-state index in [0.29, 0.717) is 5.92 Å². The fourth-order valence-corrected chi connectivity index (χ4v) is 3.36. The number of hydrogen-bond donors (Lipinski definition) is 0. The number of alkyl halides is 3. The van der Waals surface area contributed by atoms with Gasteiger partial charge in [0.1, 0.15) is 11.5 Å². The average molecular weight is 366 g/mol. The monoisotopic (exact) mass is 366 g/mol. The Morgan fingerprint density at radius 2 is 1.77 bits per heavy atom. The molecule has 0 aromatic carbocycles. The molecule has 8 heteroatoms. The van der Waals surface area contributed by atoms with E-state index in [-0.39, 0.29) is 12.1 Å². The van der Waals surface area contributed by atoms with Crippen LogP contribution in [0.5, 0.6) is 0 Å². The Labute approximate surface area is 149 Å². The minimum absolute atomic E-state index is 0.235. The third kappa shape index (κ3) is 4.07. The first kappa shape index (κ1) is 17.5. The fourth-order valence-electron chi connectivity index (χ4n) is 3.36. The normalized spacial score (nSPS) is 19.8. The standard InChI is InChI=1S/C18H21F3N4O/c19-18(20,21)17-14(2-1-5-22-17)11-24-6-8-25(9-7-24)12-15-10-16(26-23-15)13-3-4-13/h1-2,5,10,13H,3-4,6-9,11-12H2. The summed E-state index contributed by atoms with van der Waals surface area (Å²) in [5.74, 6) is 1.53. The summed E-state index contributed by atoms with van der Waals surface area (Å²) in [5.41, 5.74) is 0.392. The quantitative estimate of drug-likeness (QED) is 0.813. The predicted octanol–water partition coefficient (Wildman–Crippen LogP) is 3.28. The summed E-state index contributed by atoms with van der Waals surface area (Å²) in [7, 11) is 0. The van der Waals surface area contributed by atoms with E-state index in [9.17, 15) is 13.2 Å². The summed E-state index contributed by atoms with van der Waals surface area (Å²) in [5, 5.41) is 4.13. The Morgan fingerprint density at radius 3 is 2.42 bits per heavy atom. The van der Waals surface area contributed by atoms with Crippen LogP contribution in [0.25, 0.3) is 0 Å². The van der Waals surface area contributed by atoms with E-state index < -0.39 is 11.9 Å². The Bertz CT molecular complexity index is 749. The smallest absolute Gasteiger partial charge is 0.361 e. The maximum absolute atomic E-state index is 13.1. The molecular formula is C18H21F3N4O. The zero-order chi connectivity index (χ0) is 18.1. The number of halogens is 3. The number of aromatic nitrogens is 2. The van der Waals surface area contributed by atoms with Crippen molar-refractivity contribution in [2.45, 2.75) is 38.0 Å². The molecule has 2 aromatic rings. The maximum atomic E-state index is 13.1. The van der Waals surface area contributed by atoms with Crippen LogP contribution in [0.4, 0.5) is 13.2 Å². The molecule has 2 aliphatic rings. The fraction of sp³-hybridized carbons (Fsp3) is 0.556. The number of hydrogen-bond acceptors (Lipinski definition) is 5. The molecule has 1 saturated carbocycles. The van der Waals surface area contributed by atoms with E-state index in [2.05, 4.69) is 15.0 Å². The maximum Gasteiger partial charge on any atom is 0.433 e. The van der Waals surface area contributed by atoms with Crippen molar-refractivity contribution in [2.75, 3.05) is 26.2 Å². The molecule has 1 aliphatic carbocycles. The third-order valence-electron chi connectivity index (χ3n) is 4.96. The molecule has 0 N–H and O–H groups in total. The van der Waals surface area contributed by atoms with Gasteiger partial charge >= 0.3 is 6.18 Å². The molecular weight excluding hydrogens is 345 g/mol. The Balaban J connectivity index is 1.31. The summed E-state index contributed by atoms with van der Waals surface area (Å²) in [4.78, 5) is 7.83. The second-order valence-corrected chi connectivity index (χ2v) is 7.06. The van der Waals surface area contributed by atoms with Crippen molar-refractivity contribution in [3.05, 3.63) is 47.1 Å². The third-order valence-corrected chi connectivity index (χ3v) is 4.96. The molecule has 1 saturated heterocycles. The molecule has 0 atom stereocenters. The Kier molecular flexibility index (Phi) is 4.71. The van der Waals surface area contributed by atoms with E-state index in [1.54, 1.807) is 6.07 Å². The second kappa shape index (κ2) is 7.00. The molecule has 26 heavy (non-hydrogen) atoms. The molecule has 0 spiro atoms. The van der Waals surface area contributed by atoms with E-state index in [4.69, 9.17) is 4.52 Å². The second-order valence-electron chi connectivity index (χ2n) is 7.06. The lowest BCUT2D eigenvalue weighted by Crippen LogP contribution is -2.45. The predicted molar refractivity (Wildman–Crippen MR) is 88.3 cm³/mol. The van der Waals surface area contributed by atoms with Gasteiger partial charge in [-0.05, 0) is 24.5 Å². The molecule has 2 aromatic heterocycles. The first-order valence-electron chi connectivity index (χ1n) is 8.90. The lowest BCUT2D eigenvalue weighted by Gasteiger charge is -2.34. The van der Waals surface area contributed by atoms with Crippen molar-refractivity contribution in [2.24, 2.45) is 0 Å². The van der Waals surface area contributed by atoms with Gasteiger partial charge in [0, 0.05) is 57.4 Å². The van der Waals surface area contributed by atoms with Crippen LogP contribution in [0.15, 0.2) is 28.9 Å². The highest BCUT2D eigenvalue weighted by Gasteiger charge is 2.35. The van der Waals surface area contributed by atoms with Gasteiger partial charge in [0.05, 0.1) is 5.69 Å². The van der Waals surface area contributed by atoms with Crippen molar-refractivity contribution >= 4 is 0 Å². The van der Waals surface area contributed by atoms with Gasteiger partial charge in [-0.3, -0.25) is 14.8 Å². The van der Waals surface area contributed by atoms with E-state index in [1.807, 2.05) is 11.0 Å². The molecule has 1 aliphatic heterocycles. The zero-order valence-electron chi connectivity index (χ0n) is 14.4. The highest BCUT2D eigenvalue weighted by Crippen LogP contribution is 2.40. The van der Waals surface area contributed by atoms with E-state index >= 15 is 0 Å². The van der Waals surface area contributed by atoms with Crippen molar-refractivity contribution in [1.29, 1.82) is 0 Å². The van der Waals surface area contributed by atoms with E-state index in [0.717, 1.165) is 44.2 Å². The summed E-state index contributed by atoms with van der Waals surface area (Å²) < 4.78 is 44.6. The van der Waals surface area contributed by atoms with Crippen LogP contribution in [-0.4, -0.2) is 46.1 Å². The van der Waals surface area contributed by atoms with Gasteiger partial charge in [-0.2, -0.15) is 13.2 Å². The number of pyridine rings is 1. The summed E-state index contributed by atoms with van der Waals surface area (Å²) >= 11 is 0. The molecule has 0 bridgehead atoms. The minimum Gasteiger partial charge on any atom is -0.361 e. The molecule has 0 unspecified atom stereocenters. The largest absolute Gasteiger partial charge is 0.433 e. The van der Waals surface area contributed by atoms with Crippen LogP contribution in [0.1, 0.15) is 41.5 Å². The van der Waals surface area contributed by atoms with Gasteiger partial charge in [-0.1, -0.05) is 11.2 Å². The van der Waals surface area contributed by atoms with Crippen molar-refractivity contribution in [3.8, 4) is 0 Å². The van der Waals surface area contributed by atoms with Crippen LogP contribution in [-0.2, 0) is 19.3 Å². The van der Waals surface area contributed by atoms with Gasteiger partial charge in [0.25, 0.3) is 0 Å². The Hall–Kier alpha value is -1.93. The molecule has 3 heterocycles. The lowest BCUT2D eigenvalue weighted by atomic mass is 10.1. The van der Waals surface area contributed by atoms with Crippen molar-refractivity contribution in [1.82, 2.24) is 19.9 Å². The van der Waals surface area contributed by atoms with Crippen molar-refractivity contribution in [3.63, 3.8) is 0 Å². The van der Waals surface area contributed by atoms with Crippen LogP contribution in [0.3, 0.4) is 0 Å². The average Bonchev–Trinajstić information content (AvgIpc) is 3.36. The molecule has 0 radical (unpaired) electrons. The highest BCUT2D eigenvalue weighted by molar-refractivity contribution is 5.22. The molecule has 5 nitrogen and oxygen atoms in total. The number of piperazine rings is 1. The van der Waals surface area contributed by atoms with Crippen molar-refractivity contribution < 1.29 is 17.7 Å². The van der Waals surface area contributed by atoms with Crippen LogP contribution < -0.4 is 0 Å². The van der Waals surface area contributed by atoms with Gasteiger partial charge < -0.3 is 4.52 Å². The first-order chi connectivity index (χ1) is 12.5. The number of rotatable bonds is 5. The minimum atomic E-state index is -4.41. The summed E-state index contributed by atoms with van der Waals surface area (Å²) in [6.07, 6.45) is -0.855. The molecule has 140 valence electrons. The molecule has 2 fully saturated rings. The highest BCUT2D eigenvalue weighted by atomic mass is 19.4. The summed E-state index contributed by atoms with van der Waals surface area (Å²) in [6.45, 7) is 4.04. The van der Waals surface area contributed by atoms with Gasteiger partial charge in [-0.25, -0.2) is 0 Å².